The average molecular weight is 337 g/mol. The third-order valence-corrected chi connectivity index (χ3v) is 4.00. The van der Waals surface area contributed by atoms with Crippen molar-refractivity contribution in [2.24, 2.45) is 5.84 Å². The summed E-state index contributed by atoms with van der Waals surface area (Å²) in [5, 5.41) is 10.7. The Kier molecular flexibility index (Phi) is 4.39. The van der Waals surface area contributed by atoms with E-state index in [0.29, 0.717) is 23.2 Å². The Labute approximate surface area is 135 Å². The summed E-state index contributed by atoms with van der Waals surface area (Å²) >= 11 is 1.16. The minimum atomic E-state index is -0.155. The van der Waals surface area contributed by atoms with E-state index < -0.39 is 0 Å². The molecule has 122 valence electrons. The van der Waals surface area contributed by atoms with Crippen molar-refractivity contribution in [1.29, 1.82) is 0 Å². The summed E-state index contributed by atoms with van der Waals surface area (Å²) in [6.45, 7) is 0.613. The van der Waals surface area contributed by atoms with Gasteiger partial charge >= 0.3 is 0 Å². The van der Waals surface area contributed by atoms with Crippen LogP contribution in [0.3, 0.4) is 0 Å². The summed E-state index contributed by atoms with van der Waals surface area (Å²) in [5.74, 6) is 12.5. The molecule has 1 aromatic heterocycles. The molecule has 0 radical (unpaired) electrons. The molecule has 1 amide bonds. The number of hydrogen-bond donors (Lipinski definition) is 4. The second-order valence-electron chi connectivity index (χ2n) is 4.57. The van der Waals surface area contributed by atoms with Gasteiger partial charge in [0.15, 0.2) is 11.5 Å². The molecular formula is C12H15N7O3S. The average Bonchev–Trinajstić information content (AvgIpc) is 3.16. The number of carbonyl (C=O) groups excluding carboxylic acids is 1. The van der Waals surface area contributed by atoms with E-state index in [4.69, 9.17) is 21.2 Å². The Morgan fingerprint density at radius 2 is 2.17 bits per heavy atom. The first kappa shape index (κ1) is 15.2. The van der Waals surface area contributed by atoms with Gasteiger partial charge in [0.25, 0.3) is 5.95 Å². The molecule has 10 nitrogen and oxygen atoms in total. The number of ether oxygens (including phenoxy) is 2. The first-order chi connectivity index (χ1) is 11.2. The number of hydrazine groups is 1. The van der Waals surface area contributed by atoms with E-state index >= 15 is 0 Å². The number of anilines is 1. The van der Waals surface area contributed by atoms with Gasteiger partial charge in [0.1, 0.15) is 0 Å². The lowest BCUT2D eigenvalue weighted by atomic mass is 10.2. The van der Waals surface area contributed by atoms with E-state index in [2.05, 4.69) is 20.9 Å². The monoisotopic (exact) mass is 337 g/mol. The number of aromatic nitrogens is 3. The highest BCUT2D eigenvalue weighted by atomic mass is 32.2. The molecule has 0 bridgehead atoms. The van der Waals surface area contributed by atoms with Crippen molar-refractivity contribution < 1.29 is 14.3 Å². The molecule has 1 aliphatic rings. The lowest BCUT2D eigenvalue weighted by Crippen LogP contribution is -2.25. The van der Waals surface area contributed by atoms with Crippen LogP contribution in [-0.2, 0) is 11.3 Å². The normalized spacial score (nSPS) is 12.2. The largest absolute Gasteiger partial charge is 0.454 e. The lowest BCUT2D eigenvalue weighted by molar-refractivity contribution is -0.118. The molecule has 0 spiro atoms. The number of carbonyl (C=O) groups is 1. The number of nitrogens with two attached hydrogens (primary N) is 2. The van der Waals surface area contributed by atoms with Gasteiger partial charge < -0.3 is 20.6 Å². The van der Waals surface area contributed by atoms with E-state index in [0.717, 1.165) is 17.3 Å². The van der Waals surface area contributed by atoms with Crippen LogP contribution in [0.4, 0.5) is 5.95 Å². The van der Waals surface area contributed by atoms with Crippen molar-refractivity contribution >= 4 is 23.6 Å². The highest BCUT2D eigenvalue weighted by Crippen LogP contribution is 2.32. The van der Waals surface area contributed by atoms with Crippen molar-refractivity contribution in [2.75, 3.05) is 23.8 Å². The minimum Gasteiger partial charge on any atom is -0.454 e. The number of hydrogen-bond acceptors (Lipinski definition) is 9. The zero-order valence-electron chi connectivity index (χ0n) is 12.0. The fourth-order valence-electron chi connectivity index (χ4n) is 1.91. The van der Waals surface area contributed by atoms with Crippen LogP contribution in [0.25, 0.3) is 0 Å². The topological polar surface area (TPSA) is 142 Å². The van der Waals surface area contributed by atoms with Crippen LogP contribution < -0.4 is 31.9 Å². The molecule has 0 unspecified atom stereocenters. The van der Waals surface area contributed by atoms with Gasteiger partial charge in [-0.25, -0.2) is 10.5 Å². The molecule has 0 saturated heterocycles. The molecule has 2 heterocycles. The Morgan fingerprint density at radius 1 is 1.35 bits per heavy atom. The molecule has 6 N–H and O–H groups in total. The Balaban J connectivity index is 1.49. The van der Waals surface area contributed by atoms with Gasteiger partial charge in [0.05, 0.1) is 5.75 Å². The van der Waals surface area contributed by atoms with Gasteiger partial charge in [-0.1, -0.05) is 17.8 Å². The van der Waals surface area contributed by atoms with Crippen molar-refractivity contribution in [3.63, 3.8) is 0 Å². The molecule has 1 aliphatic heterocycles. The van der Waals surface area contributed by atoms with Crippen LogP contribution in [0.2, 0.25) is 0 Å². The van der Waals surface area contributed by atoms with Crippen LogP contribution in [0.15, 0.2) is 23.4 Å². The number of rotatable bonds is 6. The highest BCUT2D eigenvalue weighted by Gasteiger charge is 2.14. The summed E-state index contributed by atoms with van der Waals surface area (Å²) in [4.78, 5) is 11.9. The van der Waals surface area contributed by atoms with Crippen LogP contribution >= 0.6 is 11.8 Å². The van der Waals surface area contributed by atoms with E-state index in [-0.39, 0.29) is 24.4 Å². The smallest absolute Gasteiger partial charge is 0.258 e. The van der Waals surface area contributed by atoms with Gasteiger partial charge in [-0.3, -0.25) is 10.2 Å². The van der Waals surface area contributed by atoms with E-state index in [9.17, 15) is 4.79 Å². The molecule has 3 rings (SSSR count). The van der Waals surface area contributed by atoms with E-state index in [1.54, 1.807) is 0 Å². The standard InChI is InChI=1S/C12H15N7O3S/c13-16-11-17-18-12(19(11)14)23-5-10(20)15-4-7-1-2-8-9(3-7)22-6-21-8/h1-3H,4-6,13-14H2,(H,15,20)(H,16,17). The predicted octanol–water partition coefficient (Wildman–Crippen LogP) is -0.585. The van der Waals surface area contributed by atoms with Crippen molar-refractivity contribution in [1.82, 2.24) is 20.2 Å². The number of benzene rings is 1. The van der Waals surface area contributed by atoms with E-state index in [1.807, 2.05) is 18.2 Å². The predicted molar refractivity (Wildman–Crippen MR) is 83.1 cm³/mol. The molecule has 1 aromatic carbocycles. The van der Waals surface area contributed by atoms with Gasteiger partial charge in [0, 0.05) is 6.54 Å². The molecule has 0 saturated carbocycles. The Bertz CT molecular complexity index is 721. The minimum absolute atomic E-state index is 0.155. The number of nitrogens with one attached hydrogen (secondary N) is 2. The number of fused-ring (bicyclic) bond motifs is 1. The number of nitrogens with zero attached hydrogens (tertiary/aromatic N) is 3. The highest BCUT2D eigenvalue weighted by molar-refractivity contribution is 7.99. The van der Waals surface area contributed by atoms with Crippen LogP contribution in [0.5, 0.6) is 11.5 Å². The second-order valence-corrected chi connectivity index (χ2v) is 5.52. The van der Waals surface area contributed by atoms with Crippen LogP contribution in [0, 0.1) is 0 Å². The fourth-order valence-corrected chi connectivity index (χ4v) is 2.59. The maximum atomic E-state index is 11.9. The molecule has 0 atom stereocenters. The number of amides is 1. The summed E-state index contributed by atoms with van der Waals surface area (Å²) in [5.41, 5.74) is 3.22. The van der Waals surface area contributed by atoms with Gasteiger partial charge in [-0.2, -0.15) is 0 Å². The van der Waals surface area contributed by atoms with Gasteiger partial charge in [-0.05, 0) is 17.7 Å². The Morgan fingerprint density at radius 3 is 2.96 bits per heavy atom. The molecule has 11 heteroatoms. The quantitative estimate of drug-likeness (QED) is 0.309. The maximum Gasteiger partial charge on any atom is 0.258 e. The summed E-state index contributed by atoms with van der Waals surface area (Å²) in [7, 11) is 0. The zero-order valence-corrected chi connectivity index (χ0v) is 12.8. The molecule has 23 heavy (non-hydrogen) atoms. The fraction of sp³-hybridized carbons (Fsp3) is 0.250. The van der Waals surface area contributed by atoms with Crippen molar-refractivity contribution in [3.8, 4) is 11.5 Å². The second kappa shape index (κ2) is 6.62. The lowest BCUT2D eigenvalue weighted by Gasteiger charge is -2.06. The maximum absolute atomic E-state index is 11.9. The van der Waals surface area contributed by atoms with Gasteiger partial charge in [0.2, 0.25) is 17.9 Å². The SMILES string of the molecule is NNc1nnc(SCC(=O)NCc2ccc3c(c2)OCO3)n1N. The van der Waals surface area contributed by atoms with Crippen LogP contribution in [0.1, 0.15) is 5.56 Å². The molecule has 0 fully saturated rings. The third kappa shape index (κ3) is 3.40. The first-order valence-electron chi connectivity index (χ1n) is 6.62. The van der Waals surface area contributed by atoms with Crippen LogP contribution in [-0.4, -0.2) is 33.3 Å². The van der Waals surface area contributed by atoms with Crippen molar-refractivity contribution in [2.45, 2.75) is 11.7 Å². The summed E-state index contributed by atoms with van der Waals surface area (Å²) in [6, 6.07) is 5.53. The van der Waals surface area contributed by atoms with E-state index in [1.165, 1.54) is 4.68 Å². The molecule has 2 aromatic rings. The van der Waals surface area contributed by atoms with Gasteiger partial charge in [-0.15, -0.1) is 10.2 Å². The zero-order chi connectivity index (χ0) is 16.2. The Hall–Kier alpha value is -2.66. The number of nitrogen functional groups attached to an aromatic ring is 2. The molecule has 0 aliphatic carbocycles. The van der Waals surface area contributed by atoms with Crippen molar-refractivity contribution in [3.05, 3.63) is 23.8 Å². The number of thioether (sulfide) groups is 1. The summed E-state index contributed by atoms with van der Waals surface area (Å²) < 4.78 is 11.7. The first-order valence-corrected chi connectivity index (χ1v) is 7.61. The summed E-state index contributed by atoms with van der Waals surface area (Å²) in [6.07, 6.45) is 0. The molecular weight excluding hydrogens is 322 g/mol. The third-order valence-electron chi connectivity index (χ3n) is 3.05.